The second-order valence-electron chi connectivity index (χ2n) is 4.83. The minimum absolute atomic E-state index is 0.109. The highest BCUT2D eigenvalue weighted by Crippen LogP contribution is 2.35. The molecule has 0 aromatic heterocycles. The Kier molecular flexibility index (Phi) is 3.78. The Morgan fingerprint density at radius 2 is 1.86 bits per heavy atom. The third kappa shape index (κ3) is 2.89. The van der Waals surface area contributed by atoms with Gasteiger partial charge in [-0.3, -0.25) is 0 Å². The van der Waals surface area contributed by atoms with Crippen molar-refractivity contribution in [3.05, 3.63) is 0 Å². The van der Waals surface area contributed by atoms with Crippen LogP contribution >= 0.6 is 0 Å². The van der Waals surface area contributed by atoms with E-state index in [0.29, 0.717) is 0 Å². The zero-order valence-corrected chi connectivity index (χ0v) is 9.79. The Morgan fingerprint density at radius 1 is 1.29 bits per heavy atom. The summed E-state index contributed by atoms with van der Waals surface area (Å²) in [5, 5.41) is 0. The maximum Gasteiger partial charge on any atom is 0.319 e. The van der Waals surface area contributed by atoms with Crippen molar-refractivity contribution in [1.29, 1.82) is 0 Å². The molecule has 0 aliphatic heterocycles. The van der Waals surface area contributed by atoms with E-state index < -0.39 is 0 Å². The number of hydrogen-bond acceptors (Lipinski definition) is 1. The van der Waals surface area contributed by atoms with Crippen LogP contribution in [0, 0.1) is 11.8 Å². The van der Waals surface area contributed by atoms with E-state index >= 15 is 0 Å². The number of amides is 2. The third-order valence-corrected chi connectivity index (χ3v) is 3.05. The van der Waals surface area contributed by atoms with Gasteiger partial charge in [0.25, 0.3) is 0 Å². The average molecular weight is 198 g/mol. The van der Waals surface area contributed by atoms with E-state index in [9.17, 15) is 4.79 Å². The molecule has 0 heterocycles. The molecule has 0 bridgehead atoms. The van der Waals surface area contributed by atoms with E-state index in [1.54, 1.807) is 19.0 Å². The maximum absolute atomic E-state index is 11.5. The number of urea groups is 1. The maximum atomic E-state index is 11.5. The van der Waals surface area contributed by atoms with Gasteiger partial charge in [0.05, 0.1) is 0 Å². The van der Waals surface area contributed by atoms with Crippen molar-refractivity contribution in [3.8, 4) is 0 Å². The first-order valence-corrected chi connectivity index (χ1v) is 5.43. The average Bonchev–Trinajstić information content (AvgIpc) is 2.08. The first-order valence-electron chi connectivity index (χ1n) is 5.43. The molecular formula is C11H22N2O. The van der Waals surface area contributed by atoms with Gasteiger partial charge in [0.15, 0.2) is 0 Å². The van der Waals surface area contributed by atoms with E-state index in [1.807, 2.05) is 11.9 Å². The predicted octanol–water partition coefficient (Wildman–Crippen LogP) is 2.04. The van der Waals surface area contributed by atoms with Crippen LogP contribution in [0.2, 0.25) is 0 Å². The number of nitrogens with zero attached hydrogens (tertiary/aromatic N) is 2. The molecule has 0 N–H and O–H groups in total. The van der Waals surface area contributed by atoms with Crippen LogP contribution in [0.1, 0.15) is 26.2 Å². The number of rotatable bonds is 3. The van der Waals surface area contributed by atoms with Gasteiger partial charge in [0.2, 0.25) is 0 Å². The summed E-state index contributed by atoms with van der Waals surface area (Å²) < 4.78 is 0. The fraction of sp³-hybridized carbons (Fsp3) is 0.909. The van der Waals surface area contributed by atoms with E-state index in [4.69, 9.17) is 0 Å². The Bertz CT molecular complexity index is 197. The lowest BCUT2D eigenvalue weighted by Crippen LogP contribution is -2.38. The first-order chi connectivity index (χ1) is 6.50. The van der Waals surface area contributed by atoms with E-state index in [2.05, 4.69) is 6.92 Å². The van der Waals surface area contributed by atoms with Crippen molar-refractivity contribution >= 4 is 6.03 Å². The van der Waals surface area contributed by atoms with E-state index in [1.165, 1.54) is 19.3 Å². The lowest BCUT2D eigenvalue weighted by atomic mass is 9.74. The predicted molar refractivity (Wildman–Crippen MR) is 58.2 cm³/mol. The molecule has 1 rings (SSSR count). The number of carbonyl (C=O) groups excluding carboxylic acids is 1. The van der Waals surface area contributed by atoms with Crippen LogP contribution in [0.3, 0.4) is 0 Å². The summed E-state index contributed by atoms with van der Waals surface area (Å²) in [6, 6.07) is 0.109. The molecule has 0 aromatic rings. The lowest BCUT2D eigenvalue weighted by molar-refractivity contribution is 0.158. The fourth-order valence-electron chi connectivity index (χ4n) is 2.12. The normalized spacial score (nSPS) is 25.4. The SMILES string of the molecule is CC1CC(CCN(C)C(=O)N(C)C)C1. The molecule has 0 spiro atoms. The van der Waals surface area contributed by atoms with Crippen LogP contribution in [0.15, 0.2) is 0 Å². The highest BCUT2D eigenvalue weighted by molar-refractivity contribution is 5.73. The highest BCUT2D eigenvalue weighted by atomic mass is 16.2. The third-order valence-electron chi connectivity index (χ3n) is 3.05. The largest absolute Gasteiger partial charge is 0.331 e. The smallest absolute Gasteiger partial charge is 0.319 e. The summed E-state index contributed by atoms with van der Waals surface area (Å²) in [5.74, 6) is 1.78. The molecule has 0 radical (unpaired) electrons. The van der Waals surface area contributed by atoms with Gasteiger partial charge in [-0.05, 0) is 31.1 Å². The van der Waals surface area contributed by atoms with Crippen molar-refractivity contribution in [1.82, 2.24) is 9.80 Å². The quantitative estimate of drug-likeness (QED) is 0.680. The molecule has 1 fully saturated rings. The zero-order chi connectivity index (χ0) is 10.7. The first kappa shape index (κ1) is 11.3. The molecule has 82 valence electrons. The van der Waals surface area contributed by atoms with Crippen LogP contribution < -0.4 is 0 Å². The Morgan fingerprint density at radius 3 is 2.29 bits per heavy atom. The molecule has 0 unspecified atom stereocenters. The monoisotopic (exact) mass is 198 g/mol. The molecule has 1 aliphatic carbocycles. The summed E-state index contributed by atoms with van der Waals surface area (Å²) >= 11 is 0. The fourth-order valence-corrected chi connectivity index (χ4v) is 2.12. The van der Waals surface area contributed by atoms with Gasteiger partial charge in [-0.2, -0.15) is 0 Å². The molecule has 0 atom stereocenters. The summed E-state index contributed by atoms with van der Waals surface area (Å²) in [7, 11) is 5.47. The number of hydrogen-bond donors (Lipinski definition) is 0. The van der Waals surface area contributed by atoms with E-state index in [0.717, 1.165) is 18.4 Å². The molecule has 3 heteroatoms. The Hall–Kier alpha value is -0.730. The topological polar surface area (TPSA) is 23.6 Å². The van der Waals surface area contributed by atoms with Crippen LogP contribution in [0.5, 0.6) is 0 Å². The van der Waals surface area contributed by atoms with Gasteiger partial charge in [-0.25, -0.2) is 4.79 Å². The van der Waals surface area contributed by atoms with Gasteiger partial charge in [0.1, 0.15) is 0 Å². The van der Waals surface area contributed by atoms with Crippen LogP contribution in [0.4, 0.5) is 4.79 Å². The minimum atomic E-state index is 0.109. The van der Waals surface area contributed by atoms with Gasteiger partial charge in [0, 0.05) is 27.7 Å². The minimum Gasteiger partial charge on any atom is -0.331 e. The van der Waals surface area contributed by atoms with Crippen molar-refractivity contribution in [3.63, 3.8) is 0 Å². The van der Waals surface area contributed by atoms with E-state index in [-0.39, 0.29) is 6.03 Å². The van der Waals surface area contributed by atoms with Crippen molar-refractivity contribution < 1.29 is 4.79 Å². The summed E-state index contributed by atoms with van der Waals surface area (Å²) in [6.45, 7) is 3.19. The highest BCUT2D eigenvalue weighted by Gasteiger charge is 2.25. The molecule has 1 saturated carbocycles. The zero-order valence-electron chi connectivity index (χ0n) is 9.79. The molecule has 0 saturated heterocycles. The molecule has 14 heavy (non-hydrogen) atoms. The van der Waals surface area contributed by atoms with Crippen LogP contribution in [0.25, 0.3) is 0 Å². The van der Waals surface area contributed by atoms with Gasteiger partial charge < -0.3 is 9.80 Å². The van der Waals surface area contributed by atoms with Crippen LogP contribution in [-0.4, -0.2) is 43.5 Å². The standard InChI is InChI=1S/C11H22N2O/c1-9-7-10(8-9)5-6-13(4)11(14)12(2)3/h9-10H,5-8H2,1-4H3. The van der Waals surface area contributed by atoms with Gasteiger partial charge in [-0.1, -0.05) is 6.92 Å². The molecule has 1 aliphatic rings. The number of carbonyl (C=O) groups is 1. The Labute approximate surface area is 87.1 Å². The Balaban J connectivity index is 2.15. The summed E-state index contributed by atoms with van der Waals surface area (Å²) in [4.78, 5) is 14.9. The molecule has 3 nitrogen and oxygen atoms in total. The summed E-state index contributed by atoms with van der Waals surface area (Å²) in [6.07, 6.45) is 3.87. The second-order valence-corrected chi connectivity index (χ2v) is 4.83. The summed E-state index contributed by atoms with van der Waals surface area (Å²) in [5.41, 5.74) is 0. The van der Waals surface area contributed by atoms with Gasteiger partial charge >= 0.3 is 6.03 Å². The van der Waals surface area contributed by atoms with Gasteiger partial charge in [-0.15, -0.1) is 0 Å². The molecule has 0 aromatic carbocycles. The van der Waals surface area contributed by atoms with Crippen molar-refractivity contribution in [2.75, 3.05) is 27.7 Å². The second kappa shape index (κ2) is 4.67. The molecule has 2 amide bonds. The van der Waals surface area contributed by atoms with Crippen molar-refractivity contribution in [2.24, 2.45) is 11.8 Å². The van der Waals surface area contributed by atoms with Crippen molar-refractivity contribution in [2.45, 2.75) is 26.2 Å². The van der Waals surface area contributed by atoms with Crippen LogP contribution in [-0.2, 0) is 0 Å². The molecular weight excluding hydrogens is 176 g/mol. The lowest BCUT2D eigenvalue weighted by Gasteiger charge is -2.34.